The Kier molecular flexibility index (Phi) is 5.56. The van der Waals surface area contributed by atoms with Crippen LogP contribution in [0.4, 0.5) is 0 Å². The van der Waals surface area contributed by atoms with Gasteiger partial charge < -0.3 is 10.0 Å². The first-order chi connectivity index (χ1) is 9.65. The van der Waals surface area contributed by atoms with Crippen LogP contribution in [0.15, 0.2) is 30.3 Å². The minimum atomic E-state index is -0.699. The summed E-state index contributed by atoms with van der Waals surface area (Å²) in [5.41, 5.74) is 1.35. The van der Waals surface area contributed by atoms with Gasteiger partial charge in [-0.25, -0.2) is 0 Å². The molecular formula is C16H24N2O2. The van der Waals surface area contributed by atoms with E-state index in [1.54, 1.807) is 6.92 Å². The van der Waals surface area contributed by atoms with Gasteiger partial charge in [-0.05, 0) is 25.1 Å². The van der Waals surface area contributed by atoms with Crippen LogP contribution in [0.1, 0.15) is 18.9 Å². The Morgan fingerprint density at radius 2 is 1.80 bits per heavy atom. The fraction of sp³-hybridized carbons (Fsp3) is 0.562. The highest BCUT2D eigenvalue weighted by atomic mass is 16.4. The molecule has 1 atom stereocenters. The third-order valence-electron chi connectivity index (χ3n) is 3.88. The second kappa shape index (κ2) is 7.41. The molecule has 0 aliphatic carbocycles. The average molecular weight is 276 g/mol. The van der Waals surface area contributed by atoms with Crippen molar-refractivity contribution in [3.8, 4) is 0 Å². The summed E-state index contributed by atoms with van der Waals surface area (Å²) in [7, 11) is 0. The summed E-state index contributed by atoms with van der Waals surface area (Å²) in [6.07, 6.45) is 1.11. The number of rotatable bonds is 5. The van der Waals surface area contributed by atoms with Crippen molar-refractivity contribution in [3.63, 3.8) is 0 Å². The van der Waals surface area contributed by atoms with E-state index in [-0.39, 0.29) is 5.92 Å². The number of nitrogens with zero attached hydrogens (tertiary/aromatic N) is 2. The van der Waals surface area contributed by atoms with Crippen LogP contribution in [0.3, 0.4) is 0 Å². The van der Waals surface area contributed by atoms with Gasteiger partial charge in [-0.1, -0.05) is 37.3 Å². The fourth-order valence-electron chi connectivity index (χ4n) is 2.67. The summed E-state index contributed by atoms with van der Waals surface area (Å²) in [6.45, 7) is 7.51. The monoisotopic (exact) mass is 276 g/mol. The number of carboxylic acid groups (broad SMARTS) is 1. The topological polar surface area (TPSA) is 43.8 Å². The molecule has 0 bridgehead atoms. The Balaban J connectivity index is 1.81. The maximum atomic E-state index is 10.9. The molecule has 0 aromatic heterocycles. The largest absolute Gasteiger partial charge is 0.481 e. The van der Waals surface area contributed by atoms with E-state index >= 15 is 0 Å². The van der Waals surface area contributed by atoms with Crippen LogP contribution in [0.5, 0.6) is 0 Å². The normalized spacial score (nSPS) is 19.4. The van der Waals surface area contributed by atoms with Crippen molar-refractivity contribution in [3.05, 3.63) is 35.9 Å². The van der Waals surface area contributed by atoms with E-state index in [1.807, 2.05) is 6.07 Å². The van der Waals surface area contributed by atoms with E-state index in [1.165, 1.54) is 5.56 Å². The third-order valence-corrected chi connectivity index (χ3v) is 3.88. The van der Waals surface area contributed by atoms with Crippen LogP contribution in [-0.2, 0) is 11.3 Å². The first kappa shape index (κ1) is 15.0. The molecule has 4 heteroatoms. The van der Waals surface area contributed by atoms with Crippen LogP contribution < -0.4 is 0 Å². The molecule has 2 rings (SSSR count). The van der Waals surface area contributed by atoms with Gasteiger partial charge >= 0.3 is 5.97 Å². The first-order valence-corrected chi connectivity index (χ1v) is 7.36. The molecular weight excluding hydrogens is 252 g/mol. The molecule has 4 nitrogen and oxygen atoms in total. The highest BCUT2D eigenvalue weighted by Gasteiger charge is 2.19. The first-order valence-electron chi connectivity index (χ1n) is 7.36. The summed E-state index contributed by atoms with van der Waals surface area (Å²) in [5, 5.41) is 8.99. The summed E-state index contributed by atoms with van der Waals surface area (Å²) >= 11 is 0. The van der Waals surface area contributed by atoms with Gasteiger partial charge in [0.2, 0.25) is 0 Å². The molecule has 0 saturated carbocycles. The smallest absolute Gasteiger partial charge is 0.307 e. The van der Waals surface area contributed by atoms with E-state index < -0.39 is 5.97 Å². The lowest BCUT2D eigenvalue weighted by molar-refractivity contribution is -0.141. The van der Waals surface area contributed by atoms with Crippen molar-refractivity contribution in [2.45, 2.75) is 19.9 Å². The number of hydrogen-bond acceptors (Lipinski definition) is 3. The number of carboxylic acids is 1. The third kappa shape index (κ3) is 4.62. The van der Waals surface area contributed by atoms with Gasteiger partial charge in [0.15, 0.2) is 0 Å². The van der Waals surface area contributed by atoms with Gasteiger partial charge in [-0.2, -0.15) is 0 Å². The van der Waals surface area contributed by atoms with Gasteiger partial charge in [0.1, 0.15) is 0 Å². The van der Waals surface area contributed by atoms with Crippen LogP contribution in [-0.4, -0.2) is 53.6 Å². The Bertz CT molecular complexity index is 422. The van der Waals surface area contributed by atoms with Crippen molar-refractivity contribution < 1.29 is 9.90 Å². The number of hydrogen-bond donors (Lipinski definition) is 1. The van der Waals surface area contributed by atoms with Crippen molar-refractivity contribution in [2.75, 3.05) is 32.7 Å². The van der Waals surface area contributed by atoms with Crippen LogP contribution in [0.25, 0.3) is 0 Å². The van der Waals surface area contributed by atoms with Crippen molar-refractivity contribution in [1.29, 1.82) is 0 Å². The summed E-state index contributed by atoms with van der Waals surface area (Å²) < 4.78 is 0. The van der Waals surface area contributed by atoms with Gasteiger partial charge in [0.05, 0.1) is 5.92 Å². The van der Waals surface area contributed by atoms with Gasteiger partial charge in [0.25, 0.3) is 0 Å². The quantitative estimate of drug-likeness (QED) is 0.892. The number of benzene rings is 1. The molecule has 1 unspecified atom stereocenters. The molecule has 0 amide bonds. The SMILES string of the molecule is CC(CN1CCCN(Cc2ccccc2)CC1)C(=O)O. The maximum absolute atomic E-state index is 10.9. The van der Waals surface area contributed by atoms with Crippen LogP contribution in [0, 0.1) is 5.92 Å². The lowest BCUT2D eigenvalue weighted by Crippen LogP contribution is -2.35. The summed E-state index contributed by atoms with van der Waals surface area (Å²) in [5.74, 6) is -0.980. The van der Waals surface area contributed by atoms with Crippen LogP contribution >= 0.6 is 0 Å². The van der Waals surface area contributed by atoms with Gasteiger partial charge in [-0.3, -0.25) is 9.69 Å². The summed E-state index contributed by atoms with van der Waals surface area (Å²) in [4.78, 5) is 15.7. The lowest BCUT2D eigenvalue weighted by atomic mass is 10.1. The molecule has 20 heavy (non-hydrogen) atoms. The average Bonchev–Trinajstić information content (AvgIpc) is 2.65. The van der Waals surface area contributed by atoms with Crippen LogP contribution in [0.2, 0.25) is 0 Å². The molecule has 1 fully saturated rings. The second-order valence-corrected chi connectivity index (χ2v) is 5.66. The standard InChI is InChI=1S/C16H24N2O2/c1-14(16(19)20)12-17-8-5-9-18(11-10-17)13-15-6-3-2-4-7-15/h2-4,6-7,14H,5,8-13H2,1H3,(H,19,20). The second-order valence-electron chi connectivity index (χ2n) is 5.66. The van der Waals surface area contributed by atoms with Crippen molar-refractivity contribution in [2.24, 2.45) is 5.92 Å². The van der Waals surface area contributed by atoms with Crippen molar-refractivity contribution in [1.82, 2.24) is 9.80 Å². The molecule has 1 heterocycles. The minimum absolute atomic E-state index is 0.282. The lowest BCUT2D eigenvalue weighted by Gasteiger charge is -2.23. The van der Waals surface area contributed by atoms with Gasteiger partial charge in [-0.15, -0.1) is 0 Å². The Hall–Kier alpha value is -1.39. The predicted octanol–water partition coefficient (Wildman–Crippen LogP) is 1.91. The molecule has 1 aromatic carbocycles. The predicted molar refractivity (Wildman–Crippen MR) is 79.6 cm³/mol. The fourth-order valence-corrected chi connectivity index (χ4v) is 2.67. The van der Waals surface area contributed by atoms with Crippen molar-refractivity contribution >= 4 is 5.97 Å². The molecule has 1 aliphatic heterocycles. The Labute approximate surface area is 121 Å². The minimum Gasteiger partial charge on any atom is -0.481 e. The molecule has 1 aromatic rings. The molecule has 1 N–H and O–H groups in total. The van der Waals surface area contributed by atoms with E-state index in [9.17, 15) is 4.79 Å². The molecule has 0 radical (unpaired) electrons. The zero-order chi connectivity index (χ0) is 14.4. The van der Waals surface area contributed by atoms with E-state index in [0.717, 1.165) is 39.1 Å². The molecule has 0 spiro atoms. The molecule has 1 aliphatic rings. The highest BCUT2D eigenvalue weighted by molar-refractivity contribution is 5.69. The summed E-state index contributed by atoms with van der Waals surface area (Å²) in [6, 6.07) is 10.5. The maximum Gasteiger partial charge on any atom is 0.307 e. The Morgan fingerprint density at radius 3 is 2.50 bits per heavy atom. The Morgan fingerprint density at radius 1 is 1.15 bits per heavy atom. The molecule has 1 saturated heterocycles. The van der Waals surface area contributed by atoms with E-state index in [2.05, 4.69) is 34.1 Å². The highest BCUT2D eigenvalue weighted by Crippen LogP contribution is 2.10. The number of carbonyl (C=O) groups is 1. The van der Waals surface area contributed by atoms with E-state index in [4.69, 9.17) is 5.11 Å². The van der Waals surface area contributed by atoms with E-state index in [0.29, 0.717) is 6.54 Å². The zero-order valence-corrected chi connectivity index (χ0v) is 12.2. The molecule has 110 valence electrons. The number of aliphatic carboxylic acids is 1. The zero-order valence-electron chi connectivity index (χ0n) is 12.2. The van der Waals surface area contributed by atoms with Gasteiger partial charge in [0, 0.05) is 26.2 Å².